The van der Waals surface area contributed by atoms with E-state index in [0.29, 0.717) is 11.1 Å². The lowest BCUT2D eigenvalue weighted by Gasteiger charge is -2.16. The van der Waals surface area contributed by atoms with Gasteiger partial charge in [0, 0.05) is 0 Å². The molecule has 0 radical (unpaired) electrons. The maximum atomic E-state index is 13.0. The van der Waals surface area contributed by atoms with Gasteiger partial charge in [0.05, 0.1) is 33.9 Å². The minimum atomic E-state index is -4.54. The van der Waals surface area contributed by atoms with Gasteiger partial charge < -0.3 is 28.4 Å². The second-order valence-corrected chi connectivity index (χ2v) is 7.71. The van der Waals surface area contributed by atoms with Crippen LogP contribution in [0.1, 0.15) is 11.1 Å². The molecule has 0 atom stereocenters. The van der Waals surface area contributed by atoms with Gasteiger partial charge in [0.15, 0.2) is 0 Å². The van der Waals surface area contributed by atoms with Crippen molar-refractivity contribution in [3.05, 3.63) is 96.1 Å². The summed E-state index contributed by atoms with van der Waals surface area (Å²) in [5.74, 6) is 0. The molecule has 10 N–H and O–H groups in total. The van der Waals surface area contributed by atoms with Crippen LogP contribution in [0.25, 0.3) is 22.3 Å². The molecule has 4 rings (SSSR count). The first kappa shape index (κ1) is 28.9. The smallest absolute Gasteiger partial charge is 0.412 e. The van der Waals surface area contributed by atoms with Gasteiger partial charge >= 0.3 is 12.4 Å². The van der Waals surface area contributed by atoms with Crippen LogP contribution in [0.15, 0.2) is 84.9 Å². The number of nitrogens with two attached hydrogens (primary N) is 4. The zero-order valence-corrected chi connectivity index (χ0v) is 19.2. The Morgan fingerprint density at radius 1 is 0.432 bits per heavy atom. The SMILES string of the molecule is Nc1ccc(-c2ccccc2)c(C(F)(F)F)c1N.Nc1ccc(-c2ccccc2)c(C(F)(F)F)c1N.O. The molecule has 0 aliphatic heterocycles. The Bertz CT molecular complexity index is 1240. The van der Waals surface area contributed by atoms with Crippen LogP contribution in [0.3, 0.4) is 0 Å². The van der Waals surface area contributed by atoms with Gasteiger partial charge in [-0.25, -0.2) is 0 Å². The van der Waals surface area contributed by atoms with Gasteiger partial charge in [-0.3, -0.25) is 0 Å². The molecule has 0 spiro atoms. The summed E-state index contributed by atoms with van der Waals surface area (Å²) in [6.45, 7) is 0. The highest BCUT2D eigenvalue weighted by atomic mass is 19.4. The number of alkyl halides is 6. The Hall–Kier alpha value is -4.38. The van der Waals surface area contributed by atoms with Crippen molar-refractivity contribution in [2.24, 2.45) is 0 Å². The lowest BCUT2D eigenvalue weighted by Crippen LogP contribution is -2.12. The Morgan fingerprint density at radius 2 is 0.730 bits per heavy atom. The quantitative estimate of drug-likeness (QED) is 0.183. The summed E-state index contributed by atoms with van der Waals surface area (Å²) in [6, 6.07) is 22.0. The van der Waals surface area contributed by atoms with Gasteiger partial charge in [0.2, 0.25) is 0 Å². The second kappa shape index (κ2) is 11.1. The molecule has 0 unspecified atom stereocenters. The van der Waals surface area contributed by atoms with Crippen LogP contribution in [-0.2, 0) is 12.4 Å². The normalized spacial score (nSPS) is 11.2. The number of hydrogen-bond donors (Lipinski definition) is 4. The molecule has 0 aromatic heterocycles. The predicted molar refractivity (Wildman–Crippen MR) is 135 cm³/mol. The average molecular weight is 522 g/mol. The van der Waals surface area contributed by atoms with E-state index in [1.54, 1.807) is 60.7 Å². The molecule has 0 aliphatic rings. The van der Waals surface area contributed by atoms with Crippen molar-refractivity contribution < 1.29 is 31.8 Å². The van der Waals surface area contributed by atoms with Crippen LogP contribution in [0.2, 0.25) is 0 Å². The van der Waals surface area contributed by atoms with E-state index in [0.717, 1.165) is 0 Å². The Balaban J connectivity index is 0.000000253. The molecule has 4 aromatic carbocycles. The van der Waals surface area contributed by atoms with E-state index in [4.69, 9.17) is 22.9 Å². The molecule has 4 aromatic rings. The highest BCUT2D eigenvalue weighted by molar-refractivity contribution is 5.82. The van der Waals surface area contributed by atoms with Crippen molar-refractivity contribution >= 4 is 22.7 Å². The van der Waals surface area contributed by atoms with E-state index in [-0.39, 0.29) is 28.0 Å². The van der Waals surface area contributed by atoms with Gasteiger partial charge in [-0.2, -0.15) is 26.3 Å². The number of hydrogen-bond acceptors (Lipinski definition) is 4. The van der Waals surface area contributed by atoms with Crippen molar-refractivity contribution in [3.63, 3.8) is 0 Å². The molecule has 0 aliphatic carbocycles. The van der Waals surface area contributed by atoms with Gasteiger partial charge in [-0.05, 0) is 34.4 Å². The summed E-state index contributed by atoms with van der Waals surface area (Å²) in [5.41, 5.74) is 20.0. The third-order valence-corrected chi connectivity index (χ3v) is 5.30. The highest BCUT2D eigenvalue weighted by Crippen LogP contribution is 2.44. The summed E-state index contributed by atoms with van der Waals surface area (Å²) in [7, 11) is 0. The predicted octanol–water partition coefficient (Wildman–Crippen LogP) is 6.25. The van der Waals surface area contributed by atoms with Gasteiger partial charge in [0.1, 0.15) is 0 Å². The fourth-order valence-electron chi connectivity index (χ4n) is 3.60. The minimum absolute atomic E-state index is 0. The van der Waals surface area contributed by atoms with Crippen molar-refractivity contribution in [1.29, 1.82) is 0 Å². The molecule has 0 saturated heterocycles. The van der Waals surface area contributed by atoms with Crippen LogP contribution in [0, 0.1) is 0 Å². The summed E-state index contributed by atoms with van der Waals surface area (Å²) < 4.78 is 78.2. The van der Waals surface area contributed by atoms with Crippen LogP contribution >= 0.6 is 0 Å². The molecule has 0 saturated carbocycles. The summed E-state index contributed by atoms with van der Waals surface area (Å²) in [6.07, 6.45) is -9.07. The number of nitrogen functional groups attached to an aromatic ring is 4. The maximum absolute atomic E-state index is 13.0. The Labute approximate surface area is 208 Å². The fraction of sp³-hybridized carbons (Fsp3) is 0.0769. The molecule has 196 valence electrons. The number of anilines is 4. The molecular formula is C26H24F6N4O. The Kier molecular flexibility index (Phi) is 8.68. The molecule has 11 heteroatoms. The van der Waals surface area contributed by atoms with Crippen LogP contribution < -0.4 is 22.9 Å². The lowest BCUT2D eigenvalue weighted by atomic mass is 9.97. The number of rotatable bonds is 2. The third-order valence-electron chi connectivity index (χ3n) is 5.30. The highest BCUT2D eigenvalue weighted by Gasteiger charge is 2.37. The van der Waals surface area contributed by atoms with Crippen molar-refractivity contribution in [2.75, 3.05) is 22.9 Å². The molecule has 5 nitrogen and oxygen atoms in total. The monoisotopic (exact) mass is 522 g/mol. The van der Waals surface area contributed by atoms with E-state index >= 15 is 0 Å². The van der Waals surface area contributed by atoms with E-state index < -0.39 is 34.9 Å². The van der Waals surface area contributed by atoms with Crippen molar-refractivity contribution in [1.82, 2.24) is 0 Å². The molecule has 0 bridgehead atoms. The third kappa shape index (κ3) is 6.44. The van der Waals surface area contributed by atoms with E-state index in [2.05, 4.69) is 0 Å². The first-order valence-electron chi connectivity index (χ1n) is 10.4. The summed E-state index contributed by atoms with van der Waals surface area (Å²) in [4.78, 5) is 0. The Morgan fingerprint density at radius 3 is 1.00 bits per heavy atom. The zero-order chi connectivity index (χ0) is 26.7. The van der Waals surface area contributed by atoms with Gasteiger partial charge in [0.25, 0.3) is 0 Å². The standard InChI is InChI=1S/2C13H11F3N2.H2O/c2*14-13(15,16)11-9(6-7-10(17)12(11)18)8-4-2-1-3-5-8;/h2*1-7H,17-18H2;1H2. The molecule has 0 heterocycles. The average Bonchev–Trinajstić information content (AvgIpc) is 2.82. The topological polar surface area (TPSA) is 136 Å². The van der Waals surface area contributed by atoms with E-state index in [9.17, 15) is 26.3 Å². The first-order chi connectivity index (χ1) is 16.8. The minimum Gasteiger partial charge on any atom is -0.412 e. The second-order valence-electron chi connectivity index (χ2n) is 7.71. The lowest BCUT2D eigenvalue weighted by molar-refractivity contribution is -0.137. The number of benzene rings is 4. The van der Waals surface area contributed by atoms with Crippen LogP contribution in [-0.4, -0.2) is 5.48 Å². The zero-order valence-electron chi connectivity index (χ0n) is 19.2. The first-order valence-corrected chi connectivity index (χ1v) is 10.4. The molecule has 37 heavy (non-hydrogen) atoms. The van der Waals surface area contributed by atoms with Crippen LogP contribution in [0.5, 0.6) is 0 Å². The van der Waals surface area contributed by atoms with E-state index in [1.165, 1.54) is 24.3 Å². The molecule has 0 amide bonds. The molecule has 0 fully saturated rings. The van der Waals surface area contributed by atoms with Gasteiger partial charge in [-0.15, -0.1) is 0 Å². The van der Waals surface area contributed by atoms with Crippen molar-refractivity contribution in [2.45, 2.75) is 12.4 Å². The van der Waals surface area contributed by atoms with Gasteiger partial charge in [-0.1, -0.05) is 72.8 Å². The summed E-state index contributed by atoms with van der Waals surface area (Å²) in [5, 5.41) is 0. The summed E-state index contributed by atoms with van der Waals surface area (Å²) >= 11 is 0. The van der Waals surface area contributed by atoms with E-state index in [1.807, 2.05) is 0 Å². The van der Waals surface area contributed by atoms with Crippen LogP contribution in [0.4, 0.5) is 49.1 Å². The van der Waals surface area contributed by atoms with Crippen molar-refractivity contribution in [3.8, 4) is 22.3 Å². The molecular weight excluding hydrogens is 498 g/mol. The maximum Gasteiger partial charge on any atom is 0.419 e. The fourth-order valence-corrected chi connectivity index (χ4v) is 3.60. The largest absolute Gasteiger partial charge is 0.419 e. The number of halogens is 6.